The third-order valence-electron chi connectivity index (χ3n) is 4.60. The summed E-state index contributed by atoms with van der Waals surface area (Å²) in [5.41, 5.74) is 4.63. The average Bonchev–Trinajstić information content (AvgIpc) is 3.18. The van der Waals surface area contributed by atoms with Gasteiger partial charge in [-0.05, 0) is 17.7 Å². The Morgan fingerprint density at radius 3 is 2.07 bits per heavy atom. The summed E-state index contributed by atoms with van der Waals surface area (Å²) >= 11 is 1.52. The fourth-order valence-electron chi connectivity index (χ4n) is 3.32. The van der Waals surface area contributed by atoms with Gasteiger partial charge in [0.25, 0.3) is 5.56 Å². The molecule has 0 radical (unpaired) electrons. The van der Waals surface area contributed by atoms with Crippen LogP contribution in [0.4, 0.5) is 0 Å². The van der Waals surface area contributed by atoms with Crippen LogP contribution in [0, 0.1) is 0 Å². The molecule has 0 unspecified atom stereocenters. The minimum atomic E-state index is -0.238. The second-order valence-electron chi connectivity index (χ2n) is 6.37. The predicted octanol–water partition coefficient (Wildman–Crippen LogP) is 5.38. The van der Waals surface area contributed by atoms with Gasteiger partial charge in [0.05, 0.1) is 21.5 Å². The van der Waals surface area contributed by atoms with E-state index >= 15 is 0 Å². The number of rotatable bonds is 3. The number of hydrogen-bond donors (Lipinski definition) is 1. The number of nitrogens with one attached hydrogen (secondary N) is 1. The molecule has 5 aromatic rings. The van der Waals surface area contributed by atoms with Crippen LogP contribution in [-0.2, 0) is 0 Å². The van der Waals surface area contributed by atoms with Gasteiger partial charge in [0, 0.05) is 11.1 Å². The van der Waals surface area contributed by atoms with Crippen LogP contribution in [0.25, 0.3) is 43.2 Å². The monoisotopic (exact) mass is 381 g/mol. The van der Waals surface area contributed by atoms with Gasteiger partial charge in [0.1, 0.15) is 5.01 Å². The summed E-state index contributed by atoms with van der Waals surface area (Å²) in [7, 11) is 0. The minimum Gasteiger partial charge on any atom is -0.267 e. The van der Waals surface area contributed by atoms with Crippen LogP contribution >= 0.6 is 11.3 Å². The molecule has 0 aliphatic rings. The molecule has 0 atom stereocenters. The maximum absolute atomic E-state index is 12.9. The van der Waals surface area contributed by atoms with E-state index in [-0.39, 0.29) is 5.56 Å². The Morgan fingerprint density at radius 1 is 0.714 bits per heavy atom. The molecule has 5 rings (SSSR count). The molecule has 134 valence electrons. The smallest absolute Gasteiger partial charge is 0.267 e. The maximum Gasteiger partial charge on any atom is 0.275 e. The Hall–Kier alpha value is -3.57. The number of nitrogens with zero attached hydrogens (tertiary/aromatic N) is 2. The van der Waals surface area contributed by atoms with Crippen LogP contribution in [0.1, 0.15) is 0 Å². The van der Waals surface area contributed by atoms with Gasteiger partial charge >= 0.3 is 0 Å². The Labute approximate surface area is 165 Å². The summed E-state index contributed by atoms with van der Waals surface area (Å²) in [6.07, 6.45) is 0. The van der Waals surface area contributed by atoms with E-state index in [0.717, 1.165) is 32.6 Å². The molecule has 0 aliphatic carbocycles. The molecule has 0 aliphatic heterocycles. The Kier molecular flexibility index (Phi) is 4.07. The van der Waals surface area contributed by atoms with Gasteiger partial charge in [-0.3, -0.25) is 4.79 Å². The van der Waals surface area contributed by atoms with Crippen LogP contribution in [0.5, 0.6) is 0 Å². The molecule has 0 amide bonds. The van der Waals surface area contributed by atoms with Crippen molar-refractivity contribution < 1.29 is 0 Å². The van der Waals surface area contributed by atoms with Crippen LogP contribution in [0.15, 0.2) is 89.7 Å². The highest BCUT2D eigenvalue weighted by atomic mass is 32.1. The molecule has 2 heterocycles. The van der Waals surface area contributed by atoms with E-state index in [0.29, 0.717) is 10.6 Å². The number of para-hydroxylation sites is 1. The van der Waals surface area contributed by atoms with E-state index in [1.807, 2.05) is 84.9 Å². The SMILES string of the molecule is O=c1[nH]nc(-c2ccccc2)c(-c2ccccc2)c1-c1nc2ccccc2s1. The second-order valence-corrected chi connectivity index (χ2v) is 7.40. The quantitative estimate of drug-likeness (QED) is 0.456. The highest BCUT2D eigenvalue weighted by Gasteiger charge is 2.21. The van der Waals surface area contributed by atoms with Crippen molar-refractivity contribution in [3.8, 4) is 33.0 Å². The van der Waals surface area contributed by atoms with E-state index in [1.54, 1.807) is 0 Å². The third-order valence-corrected chi connectivity index (χ3v) is 5.65. The van der Waals surface area contributed by atoms with E-state index in [9.17, 15) is 4.79 Å². The first-order chi connectivity index (χ1) is 13.8. The molecule has 0 saturated carbocycles. The van der Waals surface area contributed by atoms with Crippen molar-refractivity contribution in [3.63, 3.8) is 0 Å². The highest BCUT2D eigenvalue weighted by molar-refractivity contribution is 7.21. The van der Waals surface area contributed by atoms with Crippen molar-refractivity contribution in [2.24, 2.45) is 0 Å². The van der Waals surface area contributed by atoms with Crippen molar-refractivity contribution in [1.82, 2.24) is 15.2 Å². The van der Waals surface area contributed by atoms with Crippen molar-refractivity contribution >= 4 is 21.6 Å². The summed E-state index contributed by atoms with van der Waals surface area (Å²) in [5.74, 6) is 0. The molecule has 0 saturated heterocycles. The lowest BCUT2D eigenvalue weighted by Gasteiger charge is -2.12. The van der Waals surface area contributed by atoms with Crippen LogP contribution in [0.3, 0.4) is 0 Å². The van der Waals surface area contributed by atoms with E-state index in [1.165, 1.54) is 11.3 Å². The molecule has 1 N–H and O–H groups in total. The zero-order valence-electron chi connectivity index (χ0n) is 14.8. The van der Waals surface area contributed by atoms with E-state index in [2.05, 4.69) is 10.2 Å². The normalized spacial score (nSPS) is 11.0. The van der Waals surface area contributed by atoms with Crippen molar-refractivity contribution in [3.05, 3.63) is 95.3 Å². The predicted molar refractivity (Wildman–Crippen MR) is 114 cm³/mol. The summed E-state index contributed by atoms with van der Waals surface area (Å²) in [5, 5.41) is 7.78. The van der Waals surface area contributed by atoms with Gasteiger partial charge < -0.3 is 0 Å². The second kappa shape index (κ2) is 6.87. The molecule has 0 spiro atoms. The summed E-state index contributed by atoms with van der Waals surface area (Å²) in [6.45, 7) is 0. The number of fused-ring (bicyclic) bond motifs is 1. The third kappa shape index (κ3) is 2.82. The molecular weight excluding hydrogens is 366 g/mol. The zero-order chi connectivity index (χ0) is 18.9. The largest absolute Gasteiger partial charge is 0.275 e. The topological polar surface area (TPSA) is 58.6 Å². The van der Waals surface area contributed by atoms with Gasteiger partial charge in [-0.15, -0.1) is 11.3 Å². The van der Waals surface area contributed by atoms with Gasteiger partial charge in [0.15, 0.2) is 0 Å². The average molecular weight is 381 g/mol. The van der Waals surface area contributed by atoms with Gasteiger partial charge in [-0.2, -0.15) is 5.10 Å². The number of aromatic nitrogens is 3. The lowest BCUT2D eigenvalue weighted by molar-refractivity contribution is 0.999. The first kappa shape index (κ1) is 16.6. The number of hydrogen-bond acceptors (Lipinski definition) is 4. The fraction of sp³-hybridized carbons (Fsp3) is 0. The maximum atomic E-state index is 12.9. The Morgan fingerprint density at radius 2 is 1.36 bits per heavy atom. The molecule has 0 bridgehead atoms. The summed E-state index contributed by atoms with van der Waals surface area (Å²) in [4.78, 5) is 17.7. The lowest BCUT2D eigenvalue weighted by Crippen LogP contribution is -2.14. The van der Waals surface area contributed by atoms with Gasteiger partial charge in [-0.25, -0.2) is 10.1 Å². The number of H-pyrrole nitrogens is 1. The van der Waals surface area contributed by atoms with Crippen molar-refractivity contribution in [2.75, 3.05) is 0 Å². The highest BCUT2D eigenvalue weighted by Crippen LogP contribution is 2.38. The first-order valence-electron chi connectivity index (χ1n) is 8.91. The van der Waals surface area contributed by atoms with Crippen LogP contribution in [0.2, 0.25) is 0 Å². The van der Waals surface area contributed by atoms with Crippen LogP contribution in [-0.4, -0.2) is 15.2 Å². The van der Waals surface area contributed by atoms with Crippen LogP contribution < -0.4 is 5.56 Å². The molecule has 3 aromatic carbocycles. The Balaban J connectivity index is 1.87. The molecular formula is C23H15N3OS. The van der Waals surface area contributed by atoms with Gasteiger partial charge in [0.2, 0.25) is 0 Å². The van der Waals surface area contributed by atoms with Gasteiger partial charge in [-0.1, -0.05) is 72.8 Å². The molecule has 5 heteroatoms. The first-order valence-corrected chi connectivity index (χ1v) is 9.72. The number of benzene rings is 3. The van der Waals surface area contributed by atoms with E-state index < -0.39 is 0 Å². The summed E-state index contributed by atoms with van der Waals surface area (Å²) in [6, 6.07) is 27.7. The van der Waals surface area contributed by atoms with Crippen molar-refractivity contribution in [1.29, 1.82) is 0 Å². The number of aromatic amines is 1. The number of thiazole rings is 1. The Bertz CT molecular complexity index is 1290. The zero-order valence-corrected chi connectivity index (χ0v) is 15.6. The molecule has 4 nitrogen and oxygen atoms in total. The van der Waals surface area contributed by atoms with E-state index in [4.69, 9.17) is 4.98 Å². The summed E-state index contributed by atoms with van der Waals surface area (Å²) < 4.78 is 1.05. The standard InChI is InChI=1S/C23H15N3OS/c27-22-20(23-24-17-13-7-8-14-18(17)28-23)19(15-9-3-1-4-10-15)21(25-26-22)16-11-5-2-6-12-16/h1-14H,(H,26,27). The molecule has 28 heavy (non-hydrogen) atoms. The lowest BCUT2D eigenvalue weighted by atomic mass is 9.96. The fourth-order valence-corrected chi connectivity index (χ4v) is 4.34. The minimum absolute atomic E-state index is 0.238. The van der Waals surface area contributed by atoms with Crippen molar-refractivity contribution in [2.45, 2.75) is 0 Å². The molecule has 0 fully saturated rings. The molecule has 2 aromatic heterocycles.